The van der Waals surface area contributed by atoms with Crippen molar-refractivity contribution in [2.45, 2.75) is 19.8 Å². The lowest BCUT2D eigenvalue weighted by atomic mass is 10.4. The smallest absolute Gasteiger partial charge is 0.0879 e. The molecule has 0 N–H and O–H groups in total. The molecule has 0 aromatic rings. The number of hydrogen-bond acceptors (Lipinski definition) is 3. The van der Waals surface area contributed by atoms with E-state index in [1.165, 1.54) is 0 Å². The van der Waals surface area contributed by atoms with Crippen molar-refractivity contribution in [3.8, 4) is 0 Å². The number of rotatable bonds is 6. The number of unbranched alkanes of at least 4 members (excludes halogenated alkanes) is 1. The van der Waals surface area contributed by atoms with Crippen LogP contribution < -0.4 is 0 Å². The summed E-state index contributed by atoms with van der Waals surface area (Å²) in [6.07, 6.45) is 2.20. The Morgan fingerprint density at radius 3 is 1.73 bits per heavy atom. The zero-order chi connectivity index (χ0) is 8.74. The molecule has 0 atom stereocenters. The summed E-state index contributed by atoms with van der Waals surface area (Å²) in [5, 5.41) is 0. The molecule has 4 heteroatoms. The molecule has 0 unspecified atom stereocenters. The predicted molar refractivity (Wildman–Crippen MR) is 48.4 cm³/mol. The Labute approximate surface area is 71.0 Å². The van der Waals surface area contributed by atoms with Gasteiger partial charge in [0.1, 0.15) is 0 Å². The summed E-state index contributed by atoms with van der Waals surface area (Å²) in [5.74, 6) is 0.854. The first-order valence-corrected chi connectivity index (χ1v) is 5.30. The van der Waals surface area contributed by atoms with Gasteiger partial charge in [0, 0.05) is 5.75 Å². The third-order valence-corrected chi connectivity index (χ3v) is 3.82. The van der Waals surface area contributed by atoms with Crippen LogP contribution in [0.3, 0.4) is 0 Å². The third-order valence-electron chi connectivity index (χ3n) is 1.51. The van der Waals surface area contributed by atoms with Gasteiger partial charge in [-0.2, -0.15) is 0 Å². The van der Waals surface area contributed by atoms with Crippen LogP contribution in [0, 0.1) is 0 Å². The quantitative estimate of drug-likeness (QED) is 0.630. The van der Waals surface area contributed by atoms with Crippen LogP contribution in [0.4, 0.5) is 0 Å². The normalized spacial score (nSPS) is 13.5. The van der Waals surface area contributed by atoms with Gasteiger partial charge in [-0.3, -0.25) is 12.5 Å². The van der Waals surface area contributed by atoms with Crippen LogP contribution in [-0.2, 0) is 12.5 Å². The zero-order valence-electron chi connectivity index (χ0n) is 7.75. The van der Waals surface area contributed by atoms with Crippen molar-refractivity contribution in [1.29, 1.82) is 0 Å². The Morgan fingerprint density at radius 1 is 1.00 bits per heavy atom. The van der Waals surface area contributed by atoms with E-state index in [4.69, 9.17) is 12.5 Å². The fraction of sp³-hybridized carbons (Fsp3) is 1.00. The van der Waals surface area contributed by atoms with E-state index in [0.717, 1.165) is 18.6 Å². The second-order valence-corrected chi connectivity index (χ2v) is 4.64. The average Bonchev–Trinajstić information content (AvgIpc) is 2.08. The van der Waals surface area contributed by atoms with Gasteiger partial charge in [-0.25, -0.2) is 0 Å². The van der Waals surface area contributed by atoms with E-state index in [2.05, 4.69) is 6.92 Å². The highest BCUT2D eigenvalue weighted by atomic mass is 32.3. The Hall–Kier alpha value is 0.230. The SMILES string of the molecule is CCCCS(OC)(OC)OC. The molecule has 0 aliphatic heterocycles. The van der Waals surface area contributed by atoms with Crippen LogP contribution in [0.2, 0.25) is 0 Å². The molecule has 0 spiro atoms. The lowest BCUT2D eigenvalue weighted by Crippen LogP contribution is -2.10. The summed E-state index contributed by atoms with van der Waals surface area (Å²) in [6.45, 7) is 2.13. The van der Waals surface area contributed by atoms with Gasteiger partial charge in [0.2, 0.25) is 0 Å². The molecule has 0 bridgehead atoms. The molecule has 0 amide bonds. The molecule has 0 aromatic carbocycles. The summed E-state index contributed by atoms with van der Waals surface area (Å²) >= 11 is 0. The van der Waals surface area contributed by atoms with Crippen molar-refractivity contribution in [3.63, 3.8) is 0 Å². The van der Waals surface area contributed by atoms with Crippen LogP contribution >= 0.6 is 10.9 Å². The average molecular weight is 182 g/mol. The Kier molecular flexibility index (Phi) is 5.95. The van der Waals surface area contributed by atoms with Crippen molar-refractivity contribution in [1.82, 2.24) is 0 Å². The lowest BCUT2D eigenvalue weighted by Gasteiger charge is -2.33. The minimum atomic E-state index is -1.67. The molecule has 0 saturated carbocycles. The molecule has 0 aliphatic carbocycles. The summed E-state index contributed by atoms with van der Waals surface area (Å²) in [7, 11) is 3.20. The molecule has 0 aliphatic rings. The van der Waals surface area contributed by atoms with E-state index in [-0.39, 0.29) is 0 Å². The molecule has 0 heterocycles. The van der Waals surface area contributed by atoms with E-state index in [9.17, 15) is 0 Å². The van der Waals surface area contributed by atoms with Crippen LogP contribution in [-0.4, -0.2) is 27.1 Å². The van der Waals surface area contributed by atoms with Gasteiger partial charge in [0.05, 0.1) is 32.2 Å². The highest BCUT2D eigenvalue weighted by molar-refractivity contribution is 8.21. The van der Waals surface area contributed by atoms with Crippen molar-refractivity contribution in [3.05, 3.63) is 0 Å². The van der Waals surface area contributed by atoms with Gasteiger partial charge < -0.3 is 0 Å². The minimum Gasteiger partial charge on any atom is -0.296 e. The highest BCUT2D eigenvalue weighted by Gasteiger charge is 2.21. The van der Waals surface area contributed by atoms with Gasteiger partial charge in [-0.15, -0.1) is 0 Å². The highest BCUT2D eigenvalue weighted by Crippen LogP contribution is 2.49. The van der Waals surface area contributed by atoms with Crippen LogP contribution in [0.1, 0.15) is 19.8 Å². The monoisotopic (exact) mass is 182 g/mol. The van der Waals surface area contributed by atoms with Crippen LogP contribution in [0.15, 0.2) is 0 Å². The Morgan fingerprint density at radius 2 is 1.45 bits per heavy atom. The molecule has 0 aromatic heterocycles. The van der Waals surface area contributed by atoms with Crippen LogP contribution in [0.5, 0.6) is 0 Å². The summed E-state index contributed by atoms with van der Waals surface area (Å²) < 4.78 is 15.5. The summed E-state index contributed by atoms with van der Waals surface area (Å²) in [6, 6.07) is 0. The lowest BCUT2D eigenvalue weighted by molar-refractivity contribution is 0.247. The van der Waals surface area contributed by atoms with Crippen molar-refractivity contribution in [2.75, 3.05) is 27.1 Å². The van der Waals surface area contributed by atoms with Gasteiger partial charge >= 0.3 is 0 Å². The van der Waals surface area contributed by atoms with E-state index < -0.39 is 10.9 Å². The van der Waals surface area contributed by atoms with Gasteiger partial charge in [0.15, 0.2) is 0 Å². The van der Waals surface area contributed by atoms with E-state index in [0.29, 0.717) is 0 Å². The topological polar surface area (TPSA) is 27.7 Å². The molecule has 3 nitrogen and oxygen atoms in total. The zero-order valence-corrected chi connectivity index (χ0v) is 8.57. The fourth-order valence-corrected chi connectivity index (χ4v) is 2.33. The summed E-state index contributed by atoms with van der Waals surface area (Å²) in [4.78, 5) is 0. The molecule has 0 radical (unpaired) electrons. The molecular weight excluding hydrogens is 164 g/mol. The second-order valence-electron chi connectivity index (χ2n) is 2.12. The van der Waals surface area contributed by atoms with E-state index in [1.807, 2.05) is 0 Å². The van der Waals surface area contributed by atoms with Gasteiger partial charge in [-0.05, 0) is 6.42 Å². The minimum absolute atomic E-state index is 0.854. The van der Waals surface area contributed by atoms with Crippen molar-refractivity contribution in [2.24, 2.45) is 0 Å². The molecule has 0 rings (SSSR count). The van der Waals surface area contributed by atoms with Gasteiger partial charge in [0.25, 0.3) is 0 Å². The predicted octanol–water partition coefficient (Wildman–Crippen LogP) is 2.28. The van der Waals surface area contributed by atoms with E-state index in [1.54, 1.807) is 21.3 Å². The maximum Gasteiger partial charge on any atom is 0.0879 e. The summed E-state index contributed by atoms with van der Waals surface area (Å²) in [5.41, 5.74) is 0. The standard InChI is InChI=1S/C7H18O3S/c1-5-6-7-11(8-2,9-3)10-4/h5-7H2,1-4H3. The first-order chi connectivity index (χ1) is 5.24. The van der Waals surface area contributed by atoms with E-state index >= 15 is 0 Å². The molecular formula is C7H18O3S. The van der Waals surface area contributed by atoms with Crippen molar-refractivity contribution >= 4 is 10.9 Å². The maximum absolute atomic E-state index is 5.18. The maximum atomic E-state index is 5.18. The number of hydrogen-bond donors (Lipinski definition) is 0. The Balaban J connectivity index is 3.84. The third kappa shape index (κ3) is 3.42. The molecule has 0 fully saturated rings. The van der Waals surface area contributed by atoms with Crippen molar-refractivity contribution < 1.29 is 12.5 Å². The largest absolute Gasteiger partial charge is 0.296 e. The first-order valence-electron chi connectivity index (χ1n) is 3.72. The first kappa shape index (κ1) is 11.2. The fourth-order valence-electron chi connectivity index (χ4n) is 0.775. The Bertz CT molecular complexity index is 85.4. The molecule has 0 saturated heterocycles. The van der Waals surface area contributed by atoms with Gasteiger partial charge in [-0.1, -0.05) is 13.3 Å². The van der Waals surface area contributed by atoms with Crippen LogP contribution in [0.25, 0.3) is 0 Å². The molecule has 11 heavy (non-hydrogen) atoms. The molecule has 70 valence electrons. The second kappa shape index (κ2) is 5.83.